The summed E-state index contributed by atoms with van der Waals surface area (Å²) >= 11 is 6.03. The molecule has 2 heterocycles. The monoisotopic (exact) mass is 352 g/mol. The number of rotatable bonds is 5. The Bertz CT molecular complexity index is 631. The molecule has 1 N–H and O–H groups in total. The lowest BCUT2D eigenvalue weighted by molar-refractivity contribution is -0.126. The fourth-order valence-electron chi connectivity index (χ4n) is 3.15. The predicted molar refractivity (Wildman–Crippen MR) is 90.4 cm³/mol. The molecule has 130 valence electrons. The topological polar surface area (TPSA) is 67.9 Å². The first kappa shape index (κ1) is 17.0. The zero-order valence-corrected chi connectivity index (χ0v) is 14.3. The zero-order valence-electron chi connectivity index (χ0n) is 13.6. The van der Waals surface area contributed by atoms with Gasteiger partial charge in [-0.25, -0.2) is 0 Å². The number of nitrogens with one attached hydrogen (secondary N) is 1. The molecule has 2 atom stereocenters. The molecule has 2 aliphatic heterocycles. The van der Waals surface area contributed by atoms with E-state index in [-0.39, 0.29) is 30.3 Å². The van der Waals surface area contributed by atoms with Crippen molar-refractivity contribution in [1.82, 2.24) is 5.32 Å². The minimum atomic E-state index is -0.373. The number of methoxy groups -OCH3 is 1. The van der Waals surface area contributed by atoms with Crippen molar-refractivity contribution in [2.45, 2.75) is 25.4 Å². The van der Waals surface area contributed by atoms with Gasteiger partial charge in [0.05, 0.1) is 24.8 Å². The second-order valence-corrected chi connectivity index (χ2v) is 6.54. The van der Waals surface area contributed by atoms with E-state index >= 15 is 0 Å². The molecule has 0 aromatic heterocycles. The number of ether oxygens (including phenoxy) is 2. The molecule has 24 heavy (non-hydrogen) atoms. The fourth-order valence-corrected chi connectivity index (χ4v) is 3.32. The minimum Gasteiger partial charge on any atom is -0.495 e. The number of nitrogens with zero attached hydrogens (tertiary/aromatic N) is 1. The van der Waals surface area contributed by atoms with Crippen LogP contribution in [0, 0.1) is 5.92 Å². The van der Waals surface area contributed by atoms with Crippen molar-refractivity contribution in [3.05, 3.63) is 23.2 Å². The van der Waals surface area contributed by atoms with Gasteiger partial charge in [-0.15, -0.1) is 0 Å². The Kier molecular flexibility index (Phi) is 5.26. The number of hydrogen-bond donors (Lipinski definition) is 1. The Hall–Kier alpha value is -1.79. The van der Waals surface area contributed by atoms with Gasteiger partial charge in [0, 0.05) is 31.1 Å². The second-order valence-electron chi connectivity index (χ2n) is 6.10. The number of anilines is 1. The van der Waals surface area contributed by atoms with Crippen LogP contribution >= 0.6 is 11.6 Å². The van der Waals surface area contributed by atoms with Crippen LogP contribution < -0.4 is 15.0 Å². The van der Waals surface area contributed by atoms with Gasteiger partial charge in [0.15, 0.2) is 0 Å². The third kappa shape index (κ3) is 3.65. The Morgan fingerprint density at radius 1 is 1.50 bits per heavy atom. The molecule has 6 nitrogen and oxygen atoms in total. The maximum absolute atomic E-state index is 12.4. The second kappa shape index (κ2) is 7.40. The van der Waals surface area contributed by atoms with Gasteiger partial charge in [0.1, 0.15) is 5.75 Å². The van der Waals surface area contributed by atoms with Crippen molar-refractivity contribution in [1.29, 1.82) is 0 Å². The maximum Gasteiger partial charge on any atom is 0.227 e. The SMILES string of the molecule is COc1ccc(Cl)cc1N1C[C@@H](C(=O)NC[C@@H]2CCCO2)CC1=O. The average Bonchev–Trinajstić information content (AvgIpc) is 3.22. The molecule has 0 bridgehead atoms. The standard InChI is InChI=1S/C17H21ClN2O4/c1-23-15-5-4-12(18)8-14(15)20-10-11(7-16(20)21)17(22)19-9-13-3-2-6-24-13/h4-5,8,11,13H,2-3,6-7,9-10H2,1H3,(H,19,22)/t11-,13-/m0/s1. The lowest BCUT2D eigenvalue weighted by Gasteiger charge is -2.20. The molecule has 7 heteroatoms. The molecule has 2 amide bonds. The van der Waals surface area contributed by atoms with E-state index in [2.05, 4.69) is 5.32 Å². The highest BCUT2D eigenvalue weighted by Crippen LogP contribution is 2.35. The molecule has 0 radical (unpaired) electrons. The fraction of sp³-hybridized carbons (Fsp3) is 0.529. The summed E-state index contributed by atoms with van der Waals surface area (Å²) in [6.07, 6.45) is 2.28. The van der Waals surface area contributed by atoms with E-state index in [9.17, 15) is 9.59 Å². The Labute approximate surface area is 146 Å². The summed E-state index contributed by atoms with van der Waals surface area (Å²) in [6.45, 7) is 1.59. The van der Waals surface area contributed by atoms with Crippen LogP contribution in [0.4, 0.5) is 5.69 Å². The summed E-state index contributed by atoms with van der Waals surface area (Å²) in [4.78, 5) is 26.3. The summed E-state index contributed by atoms with van der Waals surface area (Å²) in [5, 5.41) is 3.42. The van der Waals surface area contributed by atoms with E-state index in [1.165, 1.54) is 0 Å². The molecule has 0 saturated carbocycles. The van der Waals surface area contributed by atoms with E-state index in [1.807, 2.05) is 0 Å². The normalized spacial score (nSPS) is 23.6. The van der Waals surface area contributed by atoms with Crippen LogP contribution in [0.5, 0.6) is 5.75 Å². The molecule has 0 unspecified atom stereocenters. The first-order valence-electron chi connectivity index (χ1n) is 8.11. The van der Waals surface area contributed by atoms with Crippen LogP contribution in [0.25, 0.3) is 0 Å². The van der Waals surface area contributed by atoms with E-state index in [4.69, 9.17) is 21.1 Å². The zero-order chi connectivity index (χ0) is 17.1. The van der Waals surface area contributed by atoms with E-state index in [1.54, 1.807) is 30.2 Å². The van der Waals surface area contributed by atoms with Crippen LogP contribution in [0.15, 0.2) is 18.2 Å². The van der Waals surface area contributed by atoms with Crippen molar-refractivity contribution in [3.63, 3.8) is 0 Å². The molecule has 2 fully saturated rings. The van der Waals surface area contributed by atoms with Crippen LogP contribution in [-0.2, 0) is 14.3 Å². The Balaban J connectivity index is 1.64. The van der Waals surface area contributed by atoms with Gasteiger partial charge >= 0.3 is 0 Å². The van der Waals surface area contributed by atoms with Gasteiger partial charge in [-0.1, -0.05) is 11.6 Å². The number of hydrogen-bond acceptors (Lipinski definition) is 4. The van der Waals surface area contributed by atoms with Crippen LogP contribution in [0.2, 0.25) is 5.02 Å². The average molecular weight is 353 g/mol. The van der Waals surface area contributed by atoms with E-state index in [0.717, 1.165) is 19.4 Å². The molecule has 2 aliphatic rings. The van der Waals surface area contributed by atoms with E-state index in [0.29, 0.717) is 29.5 Å². The van der Waals surface area contributed by atoms with Crippen molar-refractivity contribution >= 4 is 29.1 Å². The Morgan fingerprint density at radius 3 is 3.04 bits per heavy atom. The third-order valence-electron chi connectivity index (χ3n) is 4.46. The lowest BCUT2D eigenvalue weighted by atomic mass is 10.1. The van der Waals surface area contributed by atoms with Gasteiger partial charge in [0.25, 0.3) is 0 Å². The highest BCUT2D eigenvalue weighted by atomic mass is 35.5. The molecule has 2 saturated heterocycles. The highest BCUT2D eigenvalue weighted by Gasteiger charge is 2.36. The van der Waals surface area contributed by atoms with Gasteiger partial charge < -0.3 is 19.7 Å². The van der Waals surface area contributed by atoms with Gasteiger partial charge in [-0.3, -0.25) is 9.59 Å². The number of benzene rings is 1. The molecular formula is C17H21ClN2O4. The maximum atomic E-state index is 12.4. The third-order valence-corrected chi connectivity index (χ3v) is 4.69. The number of amides is 2. The highest BCUT2D eigenvalue weighted by molar-refractivity contribution is 6.31. The number of carbonyl (C=O) groups excluding carboxylic acids is 2. The lowest BCUT2D eigenvalue weighted by Crippen LogP contribution is -2.37. The molecule has 0 aliphatic carbocycles. The quantitative estimate of drug-likeness (QED) is 0.880. The summed E-state index contributed by atoms with van der Waals surface area (Å²) in [6, 6.07) is 5.11. The molecule has 1 aromatic rings. The first-order valence-corrected chi connectivity index (χ1v) is 8.49. The molecular weight excluding hydrogens is 332 g/mol. The van der Waals surface area contributed by atoms with Crippen LogP contribution in [0.3, 0.4) is 0 Å². The number of carbonyl (C=O) groups is 2. The predicted octanol–water partition coefficient (Wildman–Crippen LogP) is 2.00. The molecule has 0 spiro atoms. The summed E-state index contributed by atoms with van der Waals surface area (Å²) in [5.41, 5.74) is 0.601. The first-order chi connectivity index (χ1) is 11.6. The van der Waals surface area contributed by atoms with Crippen LogP contribution in [-0.4, -0.2) is 44.7 Å². The van der Waals surface area contributed by atoms with Crippen molar-refractivity contribution in [2.24, 2.45) is 5.92 Å². The van der Waals surface area contributed by atoms with Gasteiger partial charge in [-0.05, 0) is 31.0 Å². The van der Waals surface area contributed by atoms with Gasteiger partial charge in [0.2, 0.25) is 11.8 Å². The van der Waals surface area contributed by atoms with Crippen LogP contribution in [0.1, 0.15) is 19.3 Å². The molecule has 1 aromatic carbocycles. The van der Waals surface area contributed by atoms with E-state index < -0.39 is 0 Å². The van der Waals surface area contributed by atoms with Gasteiger partial charge in [-0.2, -0.15) is 0 Å². The smallest absolute Gasteiger partial charge is 0.227 e. The Morgan fingerprint density at radius 2 is 2.33 bits per heavy atom. The minimum absolute atomic E-state index is 0.0928. The number of halogens is 1. The summed E-state index contributed by atoms with van der Waals surface area (Å²) in [5.74, 6) is -0.0223. The largest absolute Gasteiger partial charge is 0.495 e. The van der Waals surface area contributed by atoms with Crippen molar-refractivity contribution in [2.75, 3.05) is 31.7 Å². The molecule has 3 rings (SSSR count). The van der Waals surface area contributed by atoms with Crippen molar-refractivity contribution < 1.29 is 19.1 Å². The van der Waals surface area contributed by atoms with Crippen molar-refractivity contribution in [3.8, 4) is 5.75 Å². The summed E-state index contributed by atoms with van der Waals surface area (Å²) in [7, 11) is 1.54. The summed E-state index contributed by atoms with van der Waals surface area (Å²) < 4.78 is 10.8.